The van der Waals surface area contributed by atoms with Crippen molar-refractivity contribution in [3.05, 3.63) is 82.9 Å². The zero-order valence-corrected chi connectivity index (χ0v) is 18.6. The highest BCUT2D eigenvalue weighted by molar-refractivity contribution is 7.85. The topological polar surface area (TPSA) is 101 Å². The molecule has 6 nitrogen and oxygen atoms in total. The lowest BCUT2D eigenvalue weighted by molar-refractivity contribution is 0.0696. The molecule has 0 spiro atoms. The maximum absolute atomic E-state index is 12.7. The summed E-state index contributed by atoms with van der Waals surface area (Å²) in [6.45, 7) is 3.64. The lowest BCUT2D eigenvalue weighted by Gasteiger charge is -2.14. The largest absolute Gasteiger partial charge is 0.507 e. The van der Waals surface area contributed by atoms with Gasteiger partial charge in [0.2, 0.25) is 0 Å². The molecule has 7 heteroatoms. The number of carboxylic acid groups (broad SMARTS) is 1. The fourth-order valence-corrected chi connectivity index (χ4v) is 4.34. The summed E-state index contributed by atoms with van der Waals surface area (Å²) in [5.41, 5.74) is 1.96. The predicted octanol–water partition coefficient (Wildman–Crippen LogP) is 4.99. The average Bonchev–Trinajstić information content (AvgIpc) is 2.79. The quantitative estimate of drug-likeness (QED) is 0.444. The number of hydrogen-bond donors (Lipinski definition) is 2. The molecular formula is C25H24O6S. The average molecular weight is 453 g/mol. The molecule has 0 radical (unpaired) electrons. The van der Waals surface area contributed by atoms with E-state index in [-0.39, 0.29) is 23.7 Å². The molecule has 3 aromatic rings. The number of carbonyl (C=O) groups excluding carboxylic acids is 1. The highest BCUT2D eigenvalue weighted by Crippen LogP contribution is 2.29. The van der Waals surface area contributed by atoms with Crippen molar-refractivity contribution in [2.45, 2.75) is 43.1 Å². The van der Waals surface area contributed by atoms with Gasteiger partial charge in [0.15, 0.2) is 5.78 Å². The Hall–Kier alpha value is -3.45. The number of phenolic OH excluding ortho intramolecular Hbond substituents is 1. The zero-order chi connectivity index (χ0) is 23.3. The molecule has 0 heterocycles. The van der Waals surface area contributed by atoms with Gasteiger partial charge in [0.1, 0.15) is 18.1 Å². The number of benzene rings is 3. The van der Waals surface area contributed by atoms with Crippen molar-refractivity contribution in [3.8, 4) is 11.5 Å². The van der Waals surface area contributed by atoms with Crippen LogP contribution in [0.25, 0.3) is 0 Å². The first kappa shape index (κ1) is 23.2. The molecule has 0 saturated heterocycles. The van der Waals surface area contributed by atoms with Gasteiger partial charge in [0, 0.05) is 15.4 Å². The van der Waals surface area contributed by atoms with Crippen LogP contribution in [0.1, 0.15) is 52.1 Å². The monoisotopic (exact) mass is 452 g/mol. The number of ether oxygens (including phenoxy) is 1. The highest BCUT2D eigenvalue weighted by atomic mass is 32.2. The molecule has 2 N–H and O–H groups in total. The maximum atomic E-state index is 12.7. The van der Waals surface area contributed by atoms with E-state index in [9.17, 15) is 18.9 Å². The van der Waals surface area contributed by atoms with Crippen LogP contribution in [0, 0.1) is 0 Å². The smallest absolute Gasteiger partial charge is 0.335 e. The van der Waals surface area contributed by atoms with E-state index in [4.69, 9.17) is 9.84 Å². The molecule has 3 aromatic carbocycles. The van der Waals surface area contributed by atoms with Gasteiger partial charge in [-0.25, -0.2) is 9.00 Å². The molecule has 0 bridgehead atoms. The number of carbonyl (C=O) groups is 2. The van der Waals surface area contributed by atoms with Crippen molar-refractivity contribution < 1.29 is 28.7 Å². The van der Waals surface area contributed by atoms with Crippen molar-refractivity contribution in [3.63, 3.8) is 0 Å². The Morgan fingerprint density at radius 3 is 2.06 bits per heavy atom. The van der Waals surface area contributed by atoms with Crippen molar-refractivity contribution in [2.24, 2.45) is 0 Å². The second kappa shape index (κ2) is 10.2. The van der Waals surface area contributed by atoms with Crippen molar-refractivity contribution in [1.82, 2.24) is 0 Å². The lowest BCUT2D eigenvalue weighted by atomic mass is 9.97. The van der Waals surface area contributed by atoms with Gasteiger partial charge in [-0.2, -0.15) is 0 Å². The second-order valence-corrected chi connectivity index (χ2v) is 8.74. The first-order valence-corrected chi connectivity index (χ1v) is 11.3. The Bertz CT molecular complexity index is 1150. The SMILES string of the molecule is CCCc1c(COc2ccc(S(=O)c3ccc(C(=O)O)cc3)cc2)ccc(C(C)=O)c1O. The summed E-state index contributed by atoms with van der Waals surface area (Å²) in [6.07, 6.45) is 1.44. The molecule has 3 rings (SSSR count). The van der Waals surface area contributed by atoms with Gasteiger partial charge >= 0.3 is 5.97 Å². The van der Waals surface area contributed by atoms with Crippen molar-refractivity contribution in [2.75, 3.05) is 0 Å². The van der Waals surface area contributed by atoms with E-state index in [1.54, 1.807) is 36.4 Å². The van der Waals surface area contributed by atoms with Crippen LogP contribution < -0.4 is 4.74 Å². The highest BCUT2D eigenvalue weighted by Gasteiger charge is 2.15. The minimum atomic E-state index is -1.45. The molecule has 0 fully saturated rings. The fraction of sp³-hybridized carbons (Fsp3) is 0.200. The van der Waals surface area contributed by atoms with Gasteiger partial charge in [0.25, 0.3) is 0 Å². The number of aromatic carboxylic acids is 1. The van der Waals surface area contributed by atoms with Crippen LogP contribution in [0.2, 0.25) is 0 Å². The van der Waals surface area contributed by atoms with Crippen LogP contribution in [-0.4, -0.2) is 26.2 Å². The summed E-state index contributed by atoms with van der Waals surface area (Å²) in [4.78, 5) is 23.7. The minimum absolute atomic E-state index is 0.0140. The molecule has 1 atom stereocenters. The van der Waals surface area contributed by atoms with E-state index < -0.39 is 16.8 Å². The Morgan fingerprint density at radius 1 is 0.938 bits per heavy atom. The number of Topliss-reactive ketones (excluding diaryl/α,β-unsaturated/α-hetero) is 1. The molecule has 0 amide bonds. The molecule has 0 aromatic heterocycles. The van der Waals surface area contributed by atoms with E-state index in [0.717, 1.165) is 12.0 Å². The normalized spacial score (nSPS) is 11.7. The third-order valence-electron chi connectivity index (χ3n) is 5.01. The summed E-state index contributed by atoms with van der Waals surface area (Å²) < 4.78 is 18.6. The third-order valence-corrected chi connectivity index (χ3v) is 6.41. The lowest BCUT2D eigenvalue weighted by Crippen LogP contribution is -2.04. The van der Waals surface area contributed by atoms with E-state index >= 15 is 0 Å². The van der Waals surface area contributed by atoms with Gasteiger partial charge in [-0.05, 0) is 73.5 Å². The molecule has 166 valence electrons. The van der Waals surface area contributed by atoms with Gasteiger partial charge in [-0.3, -0.25) is 4.79 Å². The van der Waals surface area contributed by atoms with E-state index in [1.165, 1.54) is 31.2 Å². The van der Waals surface area contributed by atoms with Gasteiger partial charge in [0.05, 0.1) is 21.9 Å². The Kier molecular flexibility index (Phi) is 7.43. The van der Waals surface area contributed by atoms with Crippen LogP contribution in [0.15, 0.2) is 70.5 Å². The summed E-state index contributed by atoms with van der Waals surface area (Å²) in [6, 6.07) is 16.1. The molecule has 0 aliphatic rings. The van der Waals surface area contributed by atoms with Gasteiger partial charge in [-0.1, -0.05) is 19.4 Å². The minimum Gasteiger partial charge on any atom is -0.507 e. The molecule has 32 heavy (non-hydrogen) atoms. The molecule has 1 unspecified atom stereocenters. The predicted molar refractivity (Wildman–Crippen MR) is 121 cm³/mol. The number of rotatable bonds is 9. The van der Waals surface area contributed by atoms with Crippen molar-refractivity contribution >= 4 is 22.6 Å². The van der Waals surface area contributed by atoms with Crippen LogP contribution in [0.3, 0.4) is 0 Å². The van der Waals surface area contributed by atoms with E-state index in [1.807, 2.05) is 6.92 Å². The number of aromatic hydroxyl groups is 1. The van der Waals surface area contributed by atoms with Gasteiger partial charge < -0.3 is 14.9 Å². The van der Waals surface area contributed by atoms with E-state index in [2.05, 4.69) is 0 Å². The third kappa shape index (κ3) is 5.23. The molecule has 0 saturated carbocycles. The summed E-state index contributed by atoms with van der Waals surface area (Å²) in [7, 11) is -1.45. The van der Waals surface area contributed by atoms with Crippen LogP contribution in [-0.2, 0) is 23.8 Å². The van der Waals surface area contributed by atoms with Crippen LogP contribution in [0.5, 0.6) is 11.5 Å². The van der Waals surface area contributed by atoms with E-state index in [0.29, 0.717) is 33.1 Å². The number of phenols is 1. The zero-order valence-electron chi connectivity index (χ0n) is 17.8. The fourth-order valence-electron chi connectivity index (χ4n) is 3.30. The first-order chi connectivity index (χ1) is 15.3. The first-order valence-electron chi connectivity index (χ1n) is 10.1. The van der Waals surface area contributed by atoms with Gasteiger partial charge in [-0.15, -0.1) is 0 Å². The standard InChI is InChI=1S/C25H24O6S/c1-3-4-23-18(7-14-22(16(2)26)24(23)27)15-31-19-8-12-21(13-9-19)32(30)20-10-5-17(6-11-20)25(28)29/h5-14,27H,3-4,15H2,1-2H3,(H,28,29). The number of ketones is 1. The Morgan fingerprint density at radius 2 is 1.53 bits per heavy atom. The number of carboxylic acids is 1. The van der Waals surface area contributed by atoms with Crippen molar-refractivity contribution in [1.29, 1.82) is 0 Å². The Labute approximate surface area is 188 Å². The second-order valence-electron chi connectivity index (χ2n) is 7.26. The summed E-state index contributed by atoms with van der Waals surface area (Å²) >= 11 is 0. The summed E-state index contributed by atoms with van der Waals surface area (Å²) in [5, 5.41) is 19.5. The van der Waals surface area contributed by atoms with Crippen LogP contribution >= 0.6 is 0 Å². The number of hydrogen-bond acceptors (Lipinski definition) is 5. The summed E-state index contributed by atoms with van der Waals surface area (Å²) in [5.74, 6) is -0.631. The molecule has 0 aliphatic carbocycles. The molecule has 0 aliphatic heterocycles. The molecular weight excluding hydrogens is 428 g/mol. The van der Waals surface area contributed by atoms with Crippen LogP contribution in [0.4, 0.5) is 0 Å². The maximum Gasteiger partial charge on any atom is 0.335 e. The Balaban J connectivity index is 1.72.